The summed E-state index contributed by atoms with van der Waals surface area (Å²) in [6.07, 6.45) is 6.53. The topological polar surface area (TPSA) is 52.0 Å². The van der Waals surface area contributed by atoms with Crippen molar-refractivity contribution in [3.8, 4) is 0 Å². The Morgan fingerprint density at radius 1 is 1.15 bits per heavy atom. The Hall–Kier alpha value is -0.0800. The molecule has 0 heterocycles. The normalized spacial score (nSPS) is 29.8. The number of hydrogen-bond donors (Lipinski definition) is 2. The zero-order valence-electron chi connectivity index (χ0n) is 8.84. The van der Waals surface area contributed by atoms with Gasteiger partial charge in [0.15, 0.2) is 0 Å². The highest BCUT2D eigenvalue weighted by Crippen LogP contribution is 2.41. The van der Waals surface area contributed by atoms with Crippen molar-refractivity contribution in [2.45, 2.75) is 39.0 Å². The quantitative estimate of drug-likeness (QED) is 0.660. The van der Waals surface area contributed by atoms with Crippen LogP contribution in [0.2, 0.25) is 0 Å². The Balaban J connectivity index is 2.21. The van der Waals surface area contributed by atoms with Gasteiger partial charge in [-0.3, -0.25) is 0 Å². The summed E-state index contributed by atoms with van der Waals surface area (Å²) in [7, 11) is 0. The lowest BCUT2D eigenvalue weighted by Gasteiger charge is -2.39. The first kappa shape index (κ1) is 11.0. The molecule has 78 valence electrons. The molecule has 1 aliphatic rings. The van der Waals surface area contributed by atoms with E-state index in [4.69, 9.17) is 11.5 Å². The van der Waals surface area contributed by atoms with E-state index in [1.807, 2.05) is 0 Å². The molecule has 1 unspecified atom stereocenters. The highest BCUT2D eigenvalue weighted by atomic mass is 14.5. The van der Waals surface area contributed by atoms with Gasteiger partial charge in [-0.2, -0.15) is 0 Å². The van der Waals surface area contributed by atoms with Gasteiger partial charge in [0.2, 0.25) is 0 Å². The fraction of sp³-hybridized carbons (Fsp3) is 1.00. The number of hydrogen-bond acceptors (Lipinski definition) is 2. The highest BCUT2D eigenvalue weighted by molar-refractivity contribution is 4.82. The van der Waals surface area contributed by atoms with Crippen LogP contribution in [0.5, 0.6) is 0 Å². The average Bonchev–Trinajstić information content (AvgIpc) is 2.07. The van der Waals surface area contributed by atoms with Crippen LogP contribution in [0.4, 0.5) is 0 Å². The molecule has 0 bridgehead atoms. The van der Waals surface area contributed by atoms with Crippen LogP contribution >= 0.6 is 0 Å². The van der Waals surface area contributed by atoms with Crippen LogP contribution in [0.25, 0.3) is 0 Å². The minimum atomic E-state index is 0.837. The van der Waals surface area contributed by atoms with Gasteiger partial charge in [-0.15, -0.1) is 0 Å². The summed E-state index contributed by atoms with van der Waals surface area (Å²) in [5.41, 5.74) is 11.1. The minimum Gasteiger partial charge on any atom is -0.330 e. The fourth-order valence-corrected chi connectivity index (χ4v) is 2.56. The number of nitrogens with two attached hydrogens (primary N) is 2. The molecule has 1 aliphatic carbocycles. The summed E-state index contributed by atoms with van der Waals surface area (Å²) in [5, 5.41) is 0. The van der Waals surface area contributed by atoms with Gasteiger partial charge >= 0.3 is 0 Å². The van der Waals surface area contributed by atoms with Crippen molar-refractivity contribution in [1.82, 2.24) is 0 Å². The zero-order chi connectivity index (χ0) is 9.68. The molecule has 0 aromatic carbocycles. The van der Waals surface area contributed by atoms with Crippen LogP contribution in [0.3, 0.4) is 0 Å². The lowest BCUT2D eigenvalue weighted by atomic mass is 9.67. The first-order valence-electron chi connectivity index (χ1n) is 5.68. The molecule has 2 nitrogen and oxygen atoms in total. The van der Waals surface area contributed by atoms with E-state index < -0.39 is 0 Å². The second kappa shape index (κ2) is 5.61. The van der Waals surface area contributed by atoms with E-state index in [1.54, 1.807) is 0 Å². The molecule has 4 N–H and O–H groups in total. The van der Waals surface area contributed by atoms with Gasteiger partial charge in [-0.1, -0.05) is 6.92 Å². The Bertz CT molecular complexity index is 130. The molecule has 0 amide bonds. The summed E-state index contributed by atoms with van der Waals surface area (Å²) < 4.78 is 0. The monoisotopic (exact) mass is 184 g/mol. The van der Waals surface area contributed by atoms with Crippen LogP contribution in [0.15, 0.2) is 0 Å². The van der Waals surface area contributed by atoms with Crippen LogP contribution in [-0.4, -0.2) is 13.1 Å². The van der Waals surface area contributed by atoms with Crippen molar-refractivity contribution in [1.29, 1.82) is 0 Å². The zero-order valence-corrected chi connectivity index (χ0v) is 8.84. The molecule has 0 aromatic rings. The van der Waals surface area contributed by atoms with Crippen molar-refractivity contribution in [2.75, 3.05) is 13.1 Å². The maximum atomic E-state index is 5.62. The second-order valence-electron chi connectivity index (χ2n) is 4.60. The average molecular weight is 184 g/mol. The molecule has 0 aromatic heterocycles. The van der Waals surface area contributed by atoms with E-state index in [2.05, 4.69) is 6.92 Å². The van der Waals surface area contributed by atoms with E-state index >= 15 is 0 Å². The van der Waals surface area contributed by atoms with E-state index in [0.29, 0.717) is 0 Å². The first-order chi connectivity index (χ1) is 6.27. The molecule has 1 rings (SSSR count). The van der Waals surface area contributed by atoms with Crippen molar-refractivity contribution >= 4 is 0 Å². The largest absolute Gasteiger partial charge is 0.330 e. The molecule has 0 spiro atoms. The molecule has 2 heteroatoms. The predicted molar refractivity (Wildman–Crippen MR) is 57.3 cm³/mol. The van der Waals surface area contributed by atoms with Crippen molar-refractivity contribution in [3.05, 3.63) is 0 Å². The Morgan fingerprint density at radius 3 is 2.31 bits per heavy atom. The van der Waals surface area contributed by atoms with Crippen molar-refractivity contribution < 1.29 is 0 Å². The lowest BCUT2D eigenvalue weighted by Crippen LogP contribution is -2.30. The molecule has 0 radical (unpaired) electrons. The molecule has 1 saturated carbocycles. The third-order valence-corrected chi connectivity index (χ3v) is 3.39. The van der Waals surface area contributed by atoms with Crippen molar-refractivity contribution in [2.24, 2.45) is 29.2 Å². The second-order valence-corrected chi connectivity index (χ2v) is 4.60. The van der Waals surface area contributed by atoms with Gasteiger partial charge in [0, 0.05) is 0 Å². The Morgan fingerprint density at radius 2 is 1.85 bits per heavy atom. The van der Waals surface area contributed by atoms with E-state index in [9.17, 15) is 0 Å². The van der Waals surface area contributed by atoms with Crippen LogP contribution in [0, 0.1) is 17.8 Å². The van der Waals surface area contributed by atoms with Gasteiger partial charge in [-0.05, 0) is 62.9 Å². The van der Waals surface area contributed by atoms with Gasteiger partial charge in [0.25, 0.3) is 0 Å². The summed E-state index contributed by atoms with van der Waals surface area (Å²) in [4.78, 5) is 0. The Labute approximate surface area is 82.1 Å². The molecular formula is C11H24N2. The van der Waals surface area contributed by atoms with Crippen molar-refractivity contribution in [3.63, 3.8) is 0 Å². The van der Waals surface area contributed by atoms with E-state index in [-0.39, 0.29) is 0 Å². The molecule has 0 saturated heterocycles. The summed E-state index contributed by atoms with van der Waals surface area (Å²) in [5.74, 6) is 2.79. The third kappa shape index (κ3) is 3.28. The predicted octanol–water partition coefficient (Wildman–Crippen LogP) is 1.74. The van der Waals surface area contributed by atoms with Gasteiger partial charge in [0.05, 0.1) is 0 Å². The molecular weight excluding hydrogens is 160 g/mol. The van der Waals surface area contributed by atoms with Crippen LogP contribution in [0.1, 0.15) is 39.0 Å². The van der Waals surface area contributed by atoms with Gasteiger partial charge in [-0.25, -0.2) is 0 Å². The minimum absolute atomic E-state index is 0.837. The smallest absolute Gasteiger partial charge is 0.00745 e. The highest BCUT2D eigenvalue weighted by Gasteiger charge is 2.31. The van der Waals surface area contributed by atoms with Gasteiger partial charge in [0.1, 0.15) is 0 Å². The van der Waals surface area contributed by atoms with Crippen LogP contribution in [-0.2, 0) is 0 Å². The maximum Gasteiger partial charge on any atom is -0.00745 e. The third-order valence-electron chi connectivity index (χ3n) is 3.39. The standard InChI is InChI=1S/C11H24N2/c1-9-7-11(8-9)10(4-6-13)3-2-5-12/h9-11H,2-8,12-13H2,1H3. The Kier molecular flexibility index (Phi) is 4.74. The summed E-state index contributed by atoms with van der Waals surface area (Å²) in [6.45, 7) is 4.03. The molecule has 1 fully saturated rings. The van der Waals surface area contributed by atoms with Gasteiger partial charge < -0.3 is 11.5 Å². The summed E-state index contributed by atoms with van der Waals surface area (Å²) in [6, 6.07) is 0. The first-order valence-corrected chi connectivity index (χ1v) is 5.68. The molecule has 0 aliphatic heterocycles. The van der Waals surface area contributed by atoms with E-state index in [0.717, 1.165) is 30.8 Å². The number of rotatable bonds is 6. The van der Waals surface area contributed by atoms with Crippen LogP contribution < -0.4 is 11.5 Å². The summed E-state index contributed by atoms with van der Waals surface area (Å²) >= 11 is 0. The molecule has 1 atom stereocenters. The fourth-order valence-electron chi connectivity index (χ4n) is 2.56. The SMILES string of the molecule is CC1CC(C(CCN)CCCN)C1. The van der Waals surface area contributed by atoms with E-state index in [1.165, 1.54) is 32.1 Å². The molecule has 13 heavy (non-hydrogen) atoms. The maximum absolute atomic E-state index is 5.62. The lowest BCUT2D eigenvalue weighted by molar-refractivity contribution is 0.124.